The Morgan fingerprint density at radius 1 is 1.00 bits per heavy atom. The van der Waals surface area contributed by atoms with E-state index in [2.05, 4.69) is 28.8 Å². The normalized spacial score (nSPS) is 16.1. The summed E-state index contributed by atoms with van der Waals surface area (Å²) in [6.45, 7) is 2.08. The number of nitrogens with one attached hydrogen (secondary N) is 2. The van der Waals surface area contributed by atoms with E-state index in [0.717, 1.165) is 36.9 Å². The molecule has 0 aliphatic carbocycles. The third-order valence-corrected chi connectivity index (χ3v) is 4.78. The number of hydrogen-bond acceptors (Lipinski definition) is 3. The number of ether oxygens (including phenoxy) is 1. The van der Waals surface area contributed by atoms with Crippen LogP contribution in [0.1, 0.15) is 29.3 Å². The fraction of sp³-hybridized carbons (Fsp3) is 0.261. The number of para-hydroxylation sites is 1. The van der Waals surface area contributed by atoms with Crippen molar-refractivity contribution in [2.45, 2.75) is 25.4 Å². The van der Waals surface area contributed by atoms with Crippen LogP contribution in [-0.4, -0.2) is 19.1 Å². The quantitative estimate of drug-likeness (QED) is 0.503. The van der Waals surface area contributed by atoms with Gasteiger partial charge in [0.2, 0.25) is 0 Å². The molecule has 0 bridgehead atoms. The van der Waals surface area contributed by atoms with Gasteiger partial charge in [0.15, 0.2) is 5.96 Å². The molecule has 28 heavy (non-hydrogen) atoms. The Balaban J connectivity index is 1.46. The number of hydrogen-bond donors (Lipinski definition) is 2. The Morgan fingerprint density at radius 2 is 1.86 bits per heavy atom. The van der Waals surface area contributed by atoms with Crippen LogP contribution in [0.5, 0.6) is 5.75 Å². The predicted molar refractivity (Wildman–Crippen MR) is 110 cm³/mol. The molecule has 1 unspecified atom stereocenters. The minimum Gasteiger partial charge on any atom is -0.493 e. The van der Waals surface area contributed by atoms with Crippen LogP contribution in [0.2, 0.25) is 0 Å². The molecule has 4 rings (SSSR count). The zero-order valence-electron chi connectivity index (χ0n) is 15.8. The van der Waals surface area contributed by atoms with E-state index in [1.54, 1.807) is 6.26 Å². The summed E-state index contributed by atoms with van der Waals surface area (Å²) in [5.41, 5.74) is 2.36. The second-order valence-corrected chi connectivity index (χ2v) is 6.78. The summed E-state index contributed by atoms with van der Waals surface area (Å²) >= 11 is 0. The van der Waals surface area contributed by atoms with Crippen LogP contribution < -0.4 is 15.4 Å². The number of aliphatic imine (C=N–C) groups is 1. The van der Waals surface area contributed by atoms with Crippen molar-refractivity contribution < 1.29 is 9.15 Å². The molecule has 0 fully saturated rings. The number of nitrogens with zero attached hydrogens (tertiary/aromatic N) is 1. The lowest BCUT2D eigenvalue weighted by Crippen LogP contribution is -2.41. The molecule has 1 aliphatic heterocycles. The highest BCUT2D eigenvalue weighted by Crippen LogP contribution is 2.31. The van der Waals surface area contributed by atoms with Crippen LogP contribution in [0.25, 0.3) is 0 Å². The highest BCUT2D eigenvalue weighted by Gasteiger charge is 2.21. The van der Waals surface area contributed by atoms with Crippen LogP contribution in [0, 0.1) is 0 Å². The van der Waals surface area contributed by atoms with E-state index < -0.39 is 0 Å². The number of furan rings is 1. The molecule has 0 amide bonds. The van der Waals surface area contributed by atoms with Crippen LogP contribution in [0.4, 0.5) is 0 Å². The van der Waals surface area contributed by atoms with Gasteiger partial charge in [-0.05, 0) is 23.8 Å². The average molecular weight is 375 g/mol. The van der Waals surface area contributed by atoms with E-state index in [-0.39, 0.29) is 6.04 Å². The van der Waals surface area contributed by atoms with Crippen LogP contribution in [-0.2, 0) is 13.0 Å². The van der Waals surface area contributed by atoms with E-state index >= 15 is 0 Å². The Hall–Kier alpha value is -3.21. The van der Waals surface area contributed by atoms with E-state index in [9.17, 15) is 0 Å². The van der Waals surface area contributed by atoms with Gasteiger partial charge in [-0.3, -0.25) is 0 Å². The van der Waals surface area contributed by atoms with Gasteiger partial charge in [-0.15, -0.1) is 0 Å². The largest absolute Gasteiger partial charge is 0.493 e. The van der Waals surface area contributed by atoms with Gasteiger partial charge in [0.1, 0.15) is 11.5 Å². The fourth-order valence-electron chi connectivity index (χ4n) is 3.32. The summed E-state index contributed by atoms with van der Waals surface area (Å²) in [5, 5.41) is 7.04. The first-order valence-corrected chi connectivity index (χ1v) is 9.71. The van der Waals surface area contributed by atoms with Gasteiger partial charge in [-0.1, -0.05) is 48.5 Å². The molecular formula is C23H25N3O2. The van der Waals surface area contributed by atoms with Crippen molar-refractivity contribution in [3.05, 3.63) is 89.9 Å². The van der Waals surface area contributed by atoms with Crippen molar-refractivity contribution in [3.8, 4) is 5.75 Å². The molecule has 2 aromatic carbocycles. The first kappa shape index (κ1) is 18.2. The molecule has 5 nitrogen and oxygen atoms in total. The monoisotopic (exact) mass is 375 g/mol. The molecule has 3 aromatic rings. The summed E-state index contributed by atoms with van der Waals surface area (Å²) in [6.07, 6.45) is 3.42. The van der Waals surface area contributed by atoms with E-state index in [1.807, 2.05) is 48.5 Å². The maximum absolute atomic E-state index is 5.78. The lowest BCUT2D eigenvalue weighted by Gasteiger charge is -2.28. The SMILES string of the molecule is c1ccc(CN=C(NCCc2ccco2)NC2CCOc3ccccc32)cc1. The van der Waals surface area contributed by atoms with Gasteiger partial charge in [0, 0.05) is 24.9 Å². The minimum atomic E-state index is 0.176. The van der Waals surface area contributed by atoms with Crippen LogP contribution in [0.3, 0.4) is 0 Å². The molecule has 0 saturated carbocycles. The molecule has 2 N–H and O–H groups in total. The molecule has 144 valence electrons. The number of benzene rings is 2. The molecule has 2 heterocycles. The van der Waals surface area contributed by atoms with Crippen molar-refractivity contribution in [2.24, 2.45) is 4.99 Å². The zero-order valence-corrected chi connectivity index (χ0v) is 15.8. The van der Waals surface area contributed by atoms with Gasteiger partial charge in [-0.2, -0.15) is 0 Å². The molecule has 0 saturated heterocycles. The molecular weight excluding hydrogens is 350 g/mol. The molecule has 1 aliphatic rings. The standard InChI is InChI=1S/C23H25N3O2/c1-2-7-18(8-3-1)17-25-23(24-14-12-19-9-6-15-27-19)26-21-13-16-28-22-11-5-4-10-20(21)22/h1-11,15,21H,12-14,16-17H2,(H2,24,25,26). The van der Waals surface area contributed by atoms with Crippen molar-refractivity contribution in [3.63, 3.8) is 0 Å². The second kappa shape index (κ2) is 9.13. The van der Waals surface area contributed by atoms with E-state index in [4.69, 9.17) is 14.1 Å². The first-order chi connectivity index (χ1) is 13.9. The van der Waals surface area contributed by atoms with Crippen molar-refractivity contribution in [2.75, 3.05) is 13.2 Å². The summed E-state index contributed by atoms with van der Waals surface area (Å²) in [7, 11) is 0. The van der Waals surface area contributed by atoms with Gasteiger partial charge in [0.05, 0.1) is 25.5 Å². The fourth-order valence-corrected chi connectivity index (χ4v) is 3.32. The van der Waals surface area contributed by atoms with Crippen molar-refractivity contribution in [1.82, 2.24) is 10.6 Å². The average Bonchev–Trinajstić information content (AvgIpc) is 3.26. The molecule has 0 radical (unpaired) electrons. The molecule has 1 aromatic heterocycles. The van der Waals surface area contributed by atoms with Crippen molar-refractivity contribution in [1.29, 1.82) is 0 Å². The number of guanidine groups is 1. The van der Waals surface area contributed by atoms with E-state index in [0.29, 0.717) is 13.2 Å². The summed E-state index contributed by atoms with van der Waals surface area (Å²) in [6, 6.07) is 22.6. The molecule has 0 spiro atoms. The highest BCUT2D eigenvalue weighted by atomic mass is 16.5. The second-order valence-electron chi connectivity index (χ2n) is 6.78. The van der Waals surface area contributed by atoms with Gasteiger partial charge in [0.25, 0.3) is 0 Å². The van der Waals surface area contributed by atoms with Crippen LogP contribution >= 0.6 is 0 Å². The summed E-state index contributed by atoms with van der Waals surface area (Å²) < 4.78 is 11.2. The molecule has 5 heteroatoms. The highest BCUT2D eigenvalue weighted by molar-refractivity contribution is 5.80. The van der Waals surface area contributed by atoms with Crippen molar-refractivity contribution >= 4 is 5.96 Å². The van der Waals surface area contributed by atoms with Crippen LogP contribution in [0.15, 0.2) is 82.4 Å². The lowest BCUT2D eigenvalue weighted by atomic mass is 10.0. The third kappa shape index (κ3) is 4.74. The summed E-state index contributed by atoms with van der Waals surface area (Å²) in [5.74, 6) is 2.72. The summed E-state index contributed by atoms with van der Waals surface area (Å²) in [4.78, 5) is 4.80. The Labute approximate surface area is 165 Å². The lowest BCUT2D eigenvalue weighted by molar-refractivity contribution is 0.261. The Kier molecular flexibility index (Phi) is 5.92. The van der Waals surface area contributed by atoms with Gasteiger partial charge < -0.3 is 19.8 Å². The number of rotatable bonds is 6. The minimum absolute atomic E-state index is 0.176. The van der Waals surface area contributed by atoms with Gasteiger partial charge >= 0.3 is 0 Å². The van der Waals surface area contributed by atoms with Gasteiger partial charge in [-0.25, -0.2) is 4.99 Å². The maximum Gasteiger partial charge on any atom is 0.192 e. The predicted octanol–water partition coefficient (Wildman–Crippen LogP) is 4.08. The Morgan fingerprint density at radius 3 is 2.71 bits per heavy atom. The third-order valence-electron chi connectivity index (χ3n) is 4.78. The van der Waals surface area contributed by atoms with E-state index in [1.165, 1.54) is 11.1 Å². The zero-order chi connectivity index (χ0) is 19.0. The molecule has 1 atom stereocenters. The topological polar surface area (TPSA) is 58.8 Å². The number of fused-ring (bicyclic) bond motifs is 1. The smallest absolute Gasteiger partial charge is 0.192 e. The first-order valence-electron chi connectivity index (χ1n) is 9.71. The Bertz CT molecular complexity index is 891. The maximum atomic E-state index is 5.78.